The number of hydrogen-bond donors (Lipinski definition) is 1. The Hall–Kier alpha value is -0.540. The molecule has 0 spiro atoms. The van der Waals surface area contributed by atoms with Gasteiger partial charge in [-0.05, 0) is 38.0 Å². The molecule has 1 aromatic rings. The Kier molecular flexibility index (Phi) is 6.00. The fraction of sp³-hybridized carbons (Fsp3) is 0.571. The van der Waals surface area contributed by atoms with Crippen LogP contribution in [0.3, 0.4) is 0 Å². The van der Waals surface area contributed by atoms with Crippen LogP contribution in [-0.4, -0.2) is 18.2 Å². The smallest absolute Gasteiger partial charge is 0.0782 e. The molecule has 0 radical (unpaired) electrons. The summed E-state index contributed by atoms with van der Waals surface area (Å²) in [6, 6.07) is 6.15. The van der Waals surface area contributed by atoms with Gasteiger partial charge in [0.15, 0.2) is 0 Å². The summed E-state index contributed by atoms with van der Waals surface area (Å²) in [5, 5.41) is 9.87. The maximum absolute atomic E-state index is 9.87. The predicted molar refractivity (Wildman–Crippen MR) is 77.6 cm³/mol. The van der Waals surface area contributed by atoms with Crippen molar-refractivity contribution in [3.8, 4) is 0 Å². The lowest BCUT2D eigenvalue weighted by molar-refractivity contribution is 0.199. The molecule has 0 fully saturated rings. The second-order valence-corrected chi connectivity index (χ2v) is 5.28. The Morgan fingerprint density at radius 1 is 1.24 bits per heavy atom. The van der Waals surface area contributed by atoms with E-state index in [-0.39, 0.29) is 0 Å². The molecule has 0 saturated carbocycles. The van der Waals surface area contributed by atoms with Gasteiger partial charge >= 0.3 is 0 Å². The number of aliphatic hydroxyl groups is 1. The predicted octanol–water partition coefficient (Wildman–Crippen LogP) is 4.13. The van der Waals surface area contributed by atoms with Crippen molar-refractivity contribution in [3.63, 3.8) is 0 Å². The SMILES string of the molecule is CCCN(CCC)c1ccc(Br)cc1C(C)O. The summed E-state index contributed by atoms with van der Waals surface area (Å²) in [4.78, 5) is 2.36. The molecule has 0 heterocycles. The van der Waals surface area contributed by atoms with Crippen molar-refractivity contribution in [2.45, 2.75) is 39.7 Å². The molecule has 1 rings (SSSR count). The standard InChI is InChI=1S/C14H22BrNO/c1-4-8-16(9-5-2)14-7-6-12(15)10-13(14)11(3)17/h6-7,10-11,17H,4-5,8-9H2,1-3H3. The quantitative estimate of drug-likeness (QED) is 0.854. The Balaban J connectivity index is 3.07. The molecule has 0 aliphatic rings. The fourth-order valence-electron chi connectivity index (χ4n) is 2.04. The zero-order valence-electron chi connectivity index (χ0n) is 10.9. The molecule has 1 unspecified atom stereocenters. The number of hydrogen-bond acceptors (Lipinski definition) is 2. The third-order valence-electron chi connectivity index (χ3n) is 2.77. The highest BCUT2D eigenvalue weighted by molar-refractivity contribution is 9.10. The minimum absolute atomic E-state index is 0.432. The van der Waals surface area contributed by atoms with Gasteiger partial charge in [0.25, 0.3) is 0 Å². The average molecular weight is 300 g/mol. The van der Waals surface area contributed by atoms with Crippen molar-refractivity contribution in [2.24, 2.45) is 0 Å². The molecule has 1 N–H and O–H groups in total. The maximum Gasteiger partial charge on any atom is 0.0782 e. The first kappa shape index (κ1) is 14.5. The third kappa shape index (κ3) is 4.00. The summed E-state index contributed by atoms with van der Waals surface area (Å²) in [5.74, 6) is 0. The third-order valence-corrected chi connectivity index (χ3v) is 3.26. The molecule has 0 saturated heterocycles. The van der Waals surface area contributed by atoms with E-state index in [2.05, 4.69) is 40.7 Å². The van der Waals surface area contributed by atoms with Gasteiger partial charge in [-0.2, -0.15) is 0 Å². The van der Waals surface area contributed by atoms with Crippen LogP contribution in [0.15, 0.2) is 22.7 Å². The number of nitrogens with zero attached hydrogens (tertiary/aromatic N) is 1. The van der Waals surface area contributed by atoms with Gasteiger partial charge in [-0.3, -0.25) is 0 Å². The Morgan fingerprint density at radius 3 is 2.29 bits per heavy atom. The van der Waals surface area contributed by atoms with Crippen molar-refractivity contribution in [1.29, 1.82) is 0 Å². The van der Waals surface area contributed by atoms with Crippen LogP contribution in [0.4, 0.5) is 5.69 Å². The lowest BCUT2D eigenvalue weighted by Gasteiger charge is -2.27. The minimum Gasteiger partial charge on any atom is -0.389 e. The van der Waals surface area contributed by atoms with Gasteiger partial charge in [0.1, 0.15) is 0 Å². The van der Waals surface area contributed by atoms with Gasteiger partial charge in [0.05, 0.1) is 6.10 Å². The zero-order valence-corrected chi connectivity index (χ0v) is 12.5. The molecule has 96 valence electrons. The van der Waals surface area contributed by atoms with E-state index >= 15 is 0 Å². The van der Waals surface area contributed by atoms with Crippen molar-refractivity contribution in [1.82, 2.24) is 0 Å². The summed E-state index contributed by atoms with van der Waals surface area (Å²) >= 11 is 3.46. The number of benzene rings is 1. The van der Waals surface area contributed by atoms with Crippen molar-refractivity contribution in [2.75, 3.05) is 18.0 Å². The van der Waals surface area contributed by atoms with E-state index in [1.165, 1.54) is 0 Å². The number of halogens is 1. The number of aliphatic hydroxyl groups excluding tert-OH is 1. The summed E-state index contributed by atoms with van der Waals surface area (Å²) in [6.45, 7) is 8.26. The molecular weight excluding hydrogens is 278 g/mol. The molecule has 0 aliphatic heterocycles. The van der Waals surface area contributed by atoms with E-state index in [1.54, 1.807) is 0 Å². The number of rotatable bonds is 6. The minimum atomic E-state index is -0.432. The maximum atomic E-state index is 9.87. The molecule has 0 bridgehead atoms. The highest BCUT2D eigenvalue weighted by atomic mass is 79.9. The first-order chi connectivity index (χ1) is 8.10. The normalized spacial score (nSPS) is 12.5. The van der Waals surface area contributed by atoms with Crippen LogP contribution in [-0.2, 0) is 0 Å². The van der Waals surface area contributed by atoms with Crippen molar-refractivity contribution < 1.29 is 5.11 Å². The highest BCUT2D eigenvalue weighted by Gasteiger charge is 2.13. The highest BCUT2D eigenvalue weighted by Crippen LogP contribution is 2.29. The van der Waals surface area contributed by atoms with Crippen LogP contribution in [0, 0.1) is 0 Å². The van der Waals surface area contributed by atoms with Crippen molar-refractivity contribution >= 4 is 21.6 Å². The summed E-state index contributed by atoms with van der Waals surface area (Å²) in [6.07, 6.45) is 1.81. The van der Waals surface area contributed by atoms with E-state index in [9.17, 15) is 5.11 Å². The largest absolute Gasteiger partial charge is 0.389 e. The van der Waals surface area contributed by atoms with E-state index in [4.69, 9.17) is 0 Å². The van der Waals surface area contributed by atoms with E-state index in [0.717, 1.165) is 41.7 Å². The van der Waals surface area contributed by atoms with Crippen molar-refractivity contribution in [3.05, 3.63) is 28.2 Å². The summed E-state index contributed by atoms with van der Waals surface area (Å²) < 4.78 is 1.02. The summed E-state index contributed by atoms with van der Waals surface area (Å²) in [5.41, 5.74) is 2.16. The van der Waals surface area contributed by atoms with Gasteiger partial charge in [0.2, 0.25) is 0 Å². The molecule has 0 aliphatic carbocycles. The van der Waals surface area contributed by atoms with Crippen LogP contribution < -0.4 is 4.90 Å². The van der Waals surface area contributed by atoms with Gasteiger partial charge in [-0.15, -0.1) is 0 Å². The van der Waals surface area contributed by atoms with Gasteiger partial charge < -0.3 is 10.0 Å². The fourth-order valence-corrected chi connectivity index (χ4v) is 2.42. The zero-order chi connectivity index (χ0) is 12.8. The molecule has 17 heavy (non-hydrogen) atoms. The van der Waals surface area contributed by atoms with E-state index < -0.39 is 6.10 Å². The molecule has 1 atom stereocenters. The second-order valence-electron chi connectivity index (χ2n) is 4.37. The van der Waals surface area contributed by atoms with Crippen LogP contribution in [0.5, 0.6) is 0 Å². The Morgan fingerprint density at radius 2 is 1.82 bits per heavy atom. The summed E-state index contributed by atoms with van der Waals surface area (Å²) in [7, 11) is 0. The van der Waals surface area contributed by atoms with Crippen LogP contribution >= 0.6 is 15.9 Å². The van der Waals surface area contributed by atoms with Crippen LogP contribution in [0.2, 0.25) is 0 Å². The molecule has 1 aromatic carbocycles. The Bertz CT molecular complexity index is 346. The van der Waals surface area contributed by atoms with Gasteiger partial charge in [-0.25, -0.2) is 0 Å². The van der Waals surface area contributed by atoms with Gasteiger partial charge in [0, 0.05) is 28.8 Å². The lowest BCUT2D eigenvalue weighted by Crippen LogP contribution is -2.26. The monoisotopic (exact) mass is 299 g/mol. The molecular formula is C14H22BrNO. The van der Waals surface area contributed by atoms with Crippen LogP contribution in [0.25, 0.3) is 0 Å². The van der Waals surface area contributed by atoms with E-state index in [0.29, 0.717) is 0 Å². The topological polar surface area (TPSA) is 23.5 Å². The van der Waals surface area contributed by atoms with Gasteiger partial charge in [-0.1, -0.05) is 29.8 Å². The molecule has 2 nitrogen and oxygen atoms in total. The molecule has 3 heteroatoms. The second kappa shape index (κ2) is 7.02. The number of anilines is 1. The Labute approximate surface area is 113 Å². The lowest BCUT2D eigenvalue weighted by atomic mass is 10.1. The molecule has 0 amide bonds. The first-order valence-electron chi connectivity index (χ1n) is 6.32. The first-order valence-corrected chi connectivity index (χ1v) is 7.11. The average Bonchev–Trinajstić information content (AvgIpc) is 2.28. The van der Waals surface area contributed by atoms with Crippen LogP contribution in [0.1, 0.15) is 45.3 Å². The molecule has 0 aromatic heterocycles. The van der Waals surface area contributed by atoms with E-state index in [1.807, 2.05) is 19.1 Å².